The molecule has 1 amide bonds. The summed E-state index contributed by atoms with van der Waals surface area (Å²) in [5.74, 6) is -0.656. The van der Waals surface area contributed by atoms with Crippen LogP contribution in [0.15, 0.2) is 29.6 Å². The number of anilines is 1. The molecule has 1 saturated heterocycles. The highest BCUT2D eigenvalue weighted by Gasteiger charge is 2.26. The first-order valence-electron chi connectivity index (χ1n) is 9.60. The van der Waals surface area contributed by atoms with Crippen molar-refractivity contribution < 1.29 is 19.1 Å². The van der Waals surface area contributed by atoms with E-state index in [9.17, 15) is 9.59 Å². The predicted octanol–water partition coefficient (Wildman–Crippen LogP) is 4.29. The van der Waals surface area contributed by atoms with Gasteiger partial charge < -0.3 is 14.8 Å². The third kappa shape index (κ3) is 5.36. The molecule has 1 aromatic heterocycles. The van der Waals surface area contributed by atoms with Crippen LogP contribution >= 0.6 is 22.9 Å². The topological polar surface area (TPSA) is 67.9 Å². The zero-order valence-electron chi connectivity index (χ0n) is 16.7. The maximum atomic E-state index is 12.7. The van der Waals surface area contributed by atoms with E-state index in [1.165, 1.54) is 11.3 Å². The van der Waals surface area contributed by atoms with Gasteiger partial charge in [0.2, 0.25) is 5.91 Å². The third-order valence-corrected chi connectivity index (χ3v) is 5.78. The summed E-state index contributed by atoms with van der Waals surface area (Å²) < 4.78 is 10.9. The van der Waals surface area contributed by atoms with Crippen LogP contribution in [0.25, 0.3) is 11.1 Å². The molecular weight excluding hydrogens is 412 g/mol. The van der Waals surface area contributed by atoms with Crippen molar-refractivity contribution in [3.8, 4) is 11.1 Å². The van der Waals surface area contributed by atoms with E-state index in [0.29, 0.717) is 34.2 Å². The number of benzene rings is 1. The molecule has 3 rings (SSSR count). The monoisotopic (exact) mass is 436 g/mol. The average molecular weight is 437 g/mol. The second-order valence-corrected chi connectivity index (χ2v) is 8.34. The summed E-state index contributed by atoms with van der Waals surface area (Å²) >= 11 is 7.62. The molecule has 2 atom stereocenters. The summed E-state index contributed by atoms with van der Waals surface area (Å²) in [6, 6.07) is 7.29. The highest BCUT2D eigenvalue weighted by atomic mass is 35.5. The van der Waals surface area contributed by atoms with Crippen molar-refractivity contribution in [3.05, 3.63) is 40.2 Å². The highest BCUT2D eigenvalue weighted by molar-refractivity contribution is 7.15. The minimum Gasteiger partial charge on any atom is -0.462 e. The Labute approximate surface area is 179 Å². The van der Waals surface area contributed by atoms with E-state index in [0.717, 1.165) is 5.56 Å². The van der Waals surface area contributed by atoms with Crippen LogP contribution in [-0.2, 0) is 14.3 Å². The Kier molecular flexibility index (Phi) is 7.29. The van der Waals surface area contributed by atoms with Gasteiger partial charge in [-0.25, -0.2) is 4.79 Å². The molecule has 1 aliphatic rings. The third-order valence-electron chi connectivity index (χ3n) is 4.55. The number of thiophene rings is 1. The Balaban J connectivity index is 1.82. The molecule has 0 bridgehead atoms. The van der Waals surface area contributed by atoms with Crippen LogP contribution in [0.1, 0.15) is 31.1 Å². The molecule has 0 saturated carbocycles. The fourth-order valence-corrected chi connectivity index (χ4v) is 4.72. The Morgan fingerprint density at radius 3 is 2.59 bits per heavy atom. The van der Waals surface area contributed by atoms with Crippen LogP contribution in [0.4, 0.5) is 5.00 Å². The molecule has 8 heteroatoms. The lowest BCUT2D eigenvalue weighted by Crippen LogP contribution is -2.48. The molecule has 0 aliphatic carbocycles. The molecule has 1 aromatic carbocycles. The number of ether oxygens (including phenoxy) is 2. The van der Waals surface area contributed by atoms with E-state index >= 15 is 0 Å². The van der Waals surface area contributed by atoms with Crippen LogP contribution in [0.3, 0.4) is 0 Å². The van der Waals surface area contributed by atoms with Gasteiger partial charge in [-0.15, -0.1) is 11.3 Å². The van der Waals surface area contributed by atoms with Crippen LogP contribution in [0.5, 0.6) is 0 Å². The van der Waals surface area contributed by atoms with Crippen molar-refractivity contribution in [3.63, 3.8) is 0 Å². The maximum absolute atomic E-state index is 12.7. The first-order valence-corrected chi connectivity index (χ1v) is 10.9. The number of rotatable bonds is 6. The van der Waals surface area contributed by atoms with E-state index in [4.69, 9.17) is 21.1 Å². The minimum absolute atomic E-state index is 0.0789. The largest absolute Gasteiger partial charge is 0.462 e. The molecule has 2 aromatic rings. The SMILES string of the molecule is CCOC(=O)c1c(-c2ccccc2Cl)csc1NC(=O)CN1CC(C)OC(C)C1. The van der Waals surface area contributed by atoms with Crippen LogP contribution in [-0.4, -0.2) is 55.2 Å². The molecule has 156 valence electrons. The van der Waals surface area contributed by atoms with E-state index in [-0.39, 0.29) is 31.3 Å². The minimum atomic E-state index is -0.479. The van der Waals surface area contributed by atoms with Gasteiger partial charge in [0.25, 0.3) is 0 Å². The van der Waals surface area contributed by atoms with E-state index in [2.05, 4.69) is 10.2 Å². The van der Waals surface area contributed by atoms with Gasteiger partial charge in [0, 0.05) is 34.6 Å². The first-order chi connectivity index (χ1) is 13.9. The number of hydrogen-bond donors (Lipinski definition) is 1. The smallest absolute Gasteiger partial charge is 0.341 e. The lowest BCUT2D eigenvalue weighted by atomic mass is 10.0. The van der Waals surface area contributed by atoms with Crippen LogP contribution in [0.2, 0.25) is 5.02 Å². The Hall–Kier alpha value is -1.93. The van der Waals surface area contributed by atoms with Gasteiger partial charge in [-0.2, -0.15) is 0 Å². The van der Waals surface area contributed by atoms with Gasteiger partial charge >= 0.3 is 5.97 Å². The average Bonchev–Trinajstić information content (AvgIpc) is 3.04. The van der Waals surface area contributed by atoms with Gasteiger partial charge in [0.15, 0.2) is 0 Å². The van der Waals surface area contributed by atoms with Crippen LogP contribution in [0, 0.1) is 0 Å². The standard InChI is InChI=1S/C21H25ClN2O4S/c1-4-27-21(26)19-16(15-7-5-6-8-17(15)22)12-29-20(19)23-18(25)11-24-9-13(2)28-14(3)10-24/h5-8,12-14H,4,9-11H2,1-3H3,(H,23,25). The highest BCUT2D eigenvalue weighted by Crippen LogP contribution is 2.39. The molecule has 29 heavy (non-hydrogen) atoms. The summed E-state index contributed by atoms with van der Waals surface area (Å²) in [5.41, 5.74) is 1.72. The maximum Gasteiger partial charge on any atom is 0.341 e. The lowest BCUT2D eigenvalue weighted by molar-refractivity contribution is -0.121. The number of halogens is 1. The van der Waals surface area contributed by atoms with Gasteiger partial charge in [-0.05, 0) is 26.8 Å². The zero-order chi connectivity index (χ0) is 21.0. The number of morpholine rings is 1. The summed E-state index contributed by atoms with van der Waals surface area (Å²) in [6.07, 6.45) is 0.158. The molecular formula is C21H25ClN2O4S. The summed E-state index contributed by atoms with van der Waals surface area (Å²) in [5, 5.41) is 5.71. The van der Waals surface area contributed by atoms with Crippen molar-refractivity contribution in [1.82, 2.24) is 4.90 Å². The number of nitrogens with one attached hydrogen (secondary N) is 1. The van der Waals surface area contributed by atoms with Crippen molar-refractivity contribution in [2.75, 3.05) is 31.6 Å². The Bertz CT molecular complexity index is 875. The fourth-order valence-electron chi connectivity index (χ4n) is 3.52. The van der Waals surface area contributed by atoms with E-state index in [1.54, 1.807) is 13.0 Å². The lowest BCUT2D eigenvalue weighted by Gasteiger charge is -2.34. The molecule has 6 nitrogen and oxygen atoms in total. The van der Waals surface area contributed by atoms with Crippen LogP contribution < -0.4 is 5.32 Å². The van der Waals surface area contributed by atoms with Crippen molar-refractivity contribution >= 4 is 39.8 Å². The Morgan fingerprint density at radius 1 is 1.24 bits per heavy atom. The summed E-state index contributed by atoms with van der Waals surface area (Å²) in [4.78, 5) is 27.4. The molecule has 2 unspecified atom stereocenters. The molecule has 2 heterocycles. The molecule has 0 radical (unpaired) electrons. The molecule has 1 fully saturated rings. The van der Waals surface area contributed by atoms with Gasteiger partial charge in [0.1, 0.15) is 10.6 Å². The zero-order valence-corrected chi connectivity index (χ0v) is 18.3. The quantitative estimate of drug-likeness (QED) is 0.684. The number of esters is 1. The van der Waals surface area contributed by atoms with E-state index < -0.39 is 5.97 Å². The summed E-state index contributed by atoms with van der Waals surface area (Å²) in [7, 11) is 0. The fraction of sp³-hybridized carbons (Fsp3) is 0.429. The molecule has 1 N–H and O–H groups in total. The summed E-state index contributed by atoms with van der Waals surface area (Å²) in [6.45, 7) is 7.60. The van der Waals surface area contributed by atoms with Gasteiger partial charge in [-0.1, -0.05) is 29.8 Å². The number of amides is 1. The van der Waals surface area contributed by atoms with Gasteiger partial charge in [0.05, 0.1) is 25.4 Å². The second kappa shape index (κ2) is 9.71. The number of nitrogens with zero attached hydrogens (tertiary/aromatic N) is 1. The van der Waals surface area contributed by atoms with E-state index in [1.807, 2.05) is 37.4 Å². The predicted molar refractivity (Wildman–Crippen MR) is 116 cm³/mol. The number of hydrogen-bond acceptors (Lipinski definition) is 6. The van der Waals surface area contributed by atoms with Crippen molar-refractivity contribution in [2.24, 2.45) is 0 Å². The number of carbonyl (C=O) groups excluding carboxylic acids is 2. The van der Waals surface area contributed by atoms with Gasteiger partial charge in [-0.3, -0.25) is 9.69 Å². The normalized spacial score (nSPS) is 19.7. The Morgan fingerprint density at radius 2 is 1.93 bits per heavy atom. The molecule has 1 aliphatic heterocycles. The number of carbonyl (C=O) groups is 2. The first kappa shape index (κ1) is 21.8. The van der Waals surface area contributed by atoms with Crippen molar-refractivity contribution in [2.45, 2.75) is 33.0 Å². The van der Waals surface area contributed by atoms with Crippen molar-refractivity contribution in [1.29, 1.82) is 0 Å². The second-order valence-electron chi connectivity index (χ2n) is 7.05. The molecule has 0 spiro atoms.